The van der Waals surface area contributed by atoms with Crippen LogP contribution in [0.2, 0.25) is 0 Å². The molecule has 28 heavy (non-hydrogen) atoms. The van der Waals surface area contributed by atoms with Crippen LogP contribution in [0.15, 0.2) is 78.9 Å². The Balaban J connectivity index is 0.000000516. The maximum Gasteiger partial charge on any atom is 0.747 e. The molecule has 0 aliphatic rings. The lowest BCUT2D eigenvalue weighted by Gasteiger charge is -2.11. The van der Waals surface area contributed by atoms with E-state index in [1.165, 1.54) is 23.6 Å². The van der Waals surface area contributed by atoms with E-state index in [9.17, 15) is 4.57 Å². The first-order valence-electron chi connectivity index (χ1n) is 9.49. The minimum Gasteiger partial charge on any atom is -0.229 e. The van der Waals surface area contributed by atoms with Crippen LogP contribution in [-0.4, -0.2) is 4.89 Å². The molecule has 4 aromatic rings. The van der Waals surface area contributed by atoms with E-state index in [0.29, 0.717) is 5.75 Å². The molecule has 0 saturated carbocycles. The molecule has 4 aromatic carbocycles. The Hall–Kier alpha value is -2.74. The van der Waals surface area contributed by atoms with Crippen molar-refractivity contribution >= 4 is 29.8 Å². The third kappa shape index (κ3) is 4.56. The standard InChI is InChI=1S/C20H13O3P.C4H10/c21-24(22)23-16-8-5-7-14(12-16)20-13-15-6-1-2-9-17(15)18-10-3-4-11-19(18)20;1-3-4-2/h1-13H;3-4H2,1-2H3/p+1. The van der Waals surface area contributed by atoms with Crippen LogP contribution in [-0.2, 0) is 4.57 Å². The summed E-state index contributed by atoms with van der Waals surface area (Å²) in [6, 6.07) is 26.0. The third-order valence-electron chi connectivity index (χ3n) is 4.60. The van der Waals surface area contributed by atoms with Crippen LogP contribution >= 0.6 is 8.25 Å². The average Bonchev–Trinajstić information content (AvgIpc) is 2.73. The van der Waals surface area contributed by atoms with E-state index in [1.54, 1.807) is 12.1 Å². The summed E-state index contributed by atoms with van der Waals surface area (Å²) in [5, 5.41) is 4.69. The zero-order valence-corrected chi connectivity index (χ0v) is 17.0. The second kappa shape index (κ2) is 9.45. The van der Waals surface area contributed by atoms with E-state index in [4.69, 9.17) is 9.42 Å². The molecule has 0 radical (unpaired) electrons. The molecule has 1 N–H and O–H groups in total. The van der Waals surface area contributed by atoms with Gasteiger partial charge in [-0.25, -0.2) is 4.52 Å². The maximum atomic E-state index is 10.9. The highest BCUT2D eigenvalue weighted by molar-refractivity contribution is 7.32. The SMILES string of the molecule is CCCC.O=[P+](O)Oc1cccc(-c2cc3ccccc3c3ccccc23)c1. The summed E-state index contributed by atoms with van der Waals surface area (Å²) in [5.41, 5.74) is 2.02. The van der Waals surface area contributed by atoms with Crippen LogP contribution in [0.25, 0.3) is 32.7 Å². The summed E-state index contributed by atoms with van der Waals surface area (Å²) in [4.78, 5) is 8.97. The van der Waals surface area contributed by atoms with Crippen LogP contribution in [0.4, 0.5) is 0 Å². The first kappa shape index (κ1) is 20.0. The predicted octanol–water partition coefficient (Wildman–Crippen LogP) is 7.49. The smallest absolute Gasteiger partial charge is 0.229 e. The summed E-state index contributed by atoms with van der Waals surface area (Å²) in [6.07, 6.45) is 2.64. The molecule has 0 amide bonds. The minimum atomic E-state index is -2.67. The van der Waals surface area contributed by atoms with Crippen molar-refractivity contribution in [3.05, 3.63) is 78.9 Å². The van der Waals surface area contributed by atoms with Gasteiger partial charge in [0.2, 0.25) is 0 Å². The molecule has 0 bridgehead atoms. The molecule has 0 aromatic heterocycles. The van der Waals surface area contributed by atoms with Gasteiger partial charge in [0.15, 0.2) is 5.75 Å². The van der Waals surface area contributed by atoms with E-state index in [1.807, 2.05) is 36.4 Å². The number of unbranched alkanes of at least 4 members (excludes halogenated alkanes) is 1. The average molecular weight is 391 g/mol. The van der Waals surface area contributed by atoms with Gasteiger partial charge in [0.25, 0.3) is 0 Å². The van der Waals surface area contributed by atoms with E-state index < -0.39 is 8.25 Å². The van der Waals surface area contributed by atoms with Crippen molar-refractivity contribution in [1.29, 1.82) is 0 Å². The van der Waals surface area contributed by atoms with Crippen LogP contribution in [0.3, 0.4) is 0 Å². The molecule has 0 aliphatic carbocycles. The number of benzene rings is 4. The molecule has 0 saturated heterocycles. The van der Waals surface area contributed by atoms with Gasteiger partial charge in [0, 0.05) is 4.57 Å². The number of rotatable bonds is 4. The first-order chi connectivity index (χ1) is 13.6. The van der Waals surface area contributed by atoms with Gasteiger partial charge in [-0.1, -0.05) is 87.4 Å². The number of fused-ring (bicyclic) bond motifs is 3. The van der Waals surface area contributed by atoms with Gasteiger partial charge < -0.3 is 0 Å². The molecule has 3 nitrogen and oxygen atoms in total. The Kier molecular flexibility index (Phi) is 6.76. The van der Waals surface area contributed by atoms with Gasteiger partial charge in [-0.05, 0) is 50.9 Å². The van der Waals surface area contributed by atoms with Crippen molar-refractivity contribution in [2.75, 3.05) is 0 Å². The van der Waals surface area contributed by atoms with Gasteiger partial charge in [-0.3, -0.25) is 0 Å². The van der Waals surface area contributed by atoms with Crippen molar-refractivity contribution in [3.8, 4) is 16.9 Å². The largest absolute Gasteiger partial charge is 0.747 e. The molecule has 0 aliphatic heterocycles. The van der Waals surface area contributed by atoms with E-state index in [-0.39, 0.29) is 0 Å². The van der Waals surface area contributed by atoms with Gasteiger partial charge in [0.1, 0.15) is 0 Å². The molecular formula is C24H24O3P+. The molecule has 0 heterocycles. The summed E-state index contributed by atoms with van der Waals surface area (Å²) in [6.45, 7) is 4.36. The highest BCUT2D eigenvalue weighted by Crippen LogP contribution is 2.36. The molecule has 1 atom stereocenters. The second-order valence-electron chi connectivity index (χ2n) is 6.55. The maximum absolute atomic E-state index is 10.9. The molecule has 1 unspecified atom stereocenters. The summed E-state index contributed by atoms with van der Waals surface area (Å²) < 4.78 is 15.9. The van der Waals surface area contributed by atoms with Crippen molar-refractivity contribution < 1.29 is 14.0 Å². The van der Waals surface area contributed by atoms with E-state index in [0.717, 1.165) is 21.9 Å². The Bertz CT molecular complexity index is 1100. The summed E-state index contributed by atoms with van der Waals surface area (Å²) in [7, 11) is -2.67. The summed E-state index contributed by atoms with van der Waals surface area (Å²) in [5.74, 6) is 0.383. The molecular weight excluding hydrogens is 367 g/mol. The van der Waals surface area contributed by atoms with Crippen LogP contribution in [0.1, 0.15) is 26.7 Å². The molecule has 4 heteroatoms. The van der Waals surface area contributed by atoms with E-state index >= 15 is 0 Å². The van der Waals surface area contributed by atoms with Crippen molar-refractivity contribution in [2.45, 2.75) is 26.7 Å². The van der Waals surface area contributed by atoms with Gasteiger partial charge in [-0.2, -0.15) is 0 Å². The van der Waals surface area contributed by atoms with Crippen molar-refractivity contribution in [3.63, 3.8) is 0 Å². The van der Waals surface area contributed by atoms with Gasteiger partial charge in [0.05, 0.1) is 0 Å². The van der Waals surface area contributed by atoms with Gasteiger partial charge >= 0.3 is 8.25 Å². The lowest BCUT2D eigenvalue weighted by Crippen LogP contribution is -1.86. The predicted molar refractivity (Wildman–Crippen MR) is 118 cm³/mol. The van der Waals surface area contributed by atoms with Crippen molar-refractivity contribution in [2.24, 2.45) is 0 Å². The normalized spacial score (nSPS) is 11.0. The fourth-order valence-corrected chi connectivity index (χ4v) is 3.40. The Labute approximate surface area is 166 Å². The monoisotopic (exact) mass is 391 g/mol. The Morgan fingerprint density at radius 3 is 2.11 bits per heavy atom. The fraction of sp³-hybridized carbons (Fsp3) is 0.167. The van der Waals surface area contributed by atoms with Gasteiger partial charge in [-0.15, -0.1) is 4.89 Å². The molecule has 0 fully saturated rings. The second-order valence-corrected chi connectivity index (χ2v) is 7.21. The quantitative estimate of drug-likeness (QED) is 0.289. The third-order valence-corrected chi connectivity index (χ3v) is 4.96. The Morgan fingerprint density at radius 2 is 1.43 bits per heavy atom. The van der Waals surface area contributed by atoms with Crippen LogP contribution < -0.4 is 4.52 Å². The summed E-state index contributed by atoms with van der Waals surface area (Å²) >= 11 is 0. The van der Waals surface area contributed by atoms with Crippen molar-refractivity contribution in [1.82, 2.24) is 0 Å². The zero-order valence-electron chi connectivity index (χ0n) is 16.1. The van der Waals surface area contributed by atoms with Crippen LogP contribution in [0, 0.1) is 0 Å². The lowest BCUT2D eigenvalue weighted by molar-refractivity contribution is 0.410. The Morgan fingerprint density at radius 1 is 0.786 bits per heavy atom. The topological polar surface area (TPSA) is 46.5 Å². The minimum absolute atomic E-state index is 0.383. The molecule has 4 rings (SSSR count). The molecule has 142 valence electrons. The van der Waals surface area contributed by atoms with E-state index in [2.05, 4.69) is 44.2 Å². The zero-order chi connectivity index (χ0) is 19.9. The first-order valence-corrected chi connectivity index (χ1v) is 10.6. The highest BCUT2D eigenvalue weighted by atomic mass is 31.1. The number of hydrogen-bond donors (Lipinski definition) is 1. The lowest BCUT2D eigenvalue weighted by atomic mass is 9.93. The molecule has 0 spiro atoms. The van der Waals surface area contributed by atoms with Crippen LogP contribution in [0.5, 0.6) is 5.75 Å². The fourth-order valence-electron chi connectivity index (χ4n) is 3.10. The highest BCUT2D eigenvalue weighted by Gasteiger charge is 2.15. The number of hydrogen-bond acceptors (Lipinski definition) is 2.